The molecule has 1 fully saturated rings. The van der Waals surface area contributed by atoms with Crippen molar-refractivity contribution in [3.05, 3.63) is 29.3 Å². The molecule has 0 spiro atoms. The summed E-state index contributed by atoms with van der Waals surface area (Å²) in [5.74, 6) is 0.0478. The van der Waals surface area contributed by atoms with Crippen molar-refractivity contribution in [2.75, 3.05) is 33.4 Å². The van der Waals surface area contributed by atoms with Crippen molar-refractivity contribution in [1.29, 1.82) is 0 Å². The molecule has 2 rings (SSSR count). The number of benzene rings is 1. The van der Waals surface area contributed by atoms with Crippen LogP contribution in [0.15, 0.2) is 18.2 Å². The summed E-state index contributed by atoms with van der Waals surface area (Å²) >= 11 is 0. The molecule has 1 atom stereocenters. The van der Waals surface area contributed by atoms with Gasteiger partial charge in [-0.25, -0.2) is 0 Å². The Bertz CT molecular complexity index is 707. The Hall–Kier alpha value is -2.61. The van der Waals surface area contributed by atoms with Gasteiger partial charge in [-0.15, -0.1) is 0 Å². The van der Waals surface area contributed by atoms with E-state index >= 15 is 0 Å². The van der Waals surface area contributed by atoms with E-state index in [-0.39, 0.29) is 37.2 Å². The number of esters is 1. The van der Waals surface area contributed by atoms with Crippen LogP contribution in [0.5, 0.6) is 5.75 Å². The highest BCUT2D eigenvalue weighted by Gasteiger charge is 2.31. The van der Waals surface area contributed by atoms with E-state index in [1.165, 1.54) is 0 Å². The number of rotatable bonds is 9. The molecule has 0 bridgehead atoms. The summed E-state index contributed by atoms with van der Waals surface area (Å²) in [4.78, 5) is 37.9. The molecular weight excluding hydrogens is 362 g/mol. The standard InChI is InChI=1S/C20H29N3O5/c1-4-28-19(25)7-8-21-18(24)12-16-20(26)22-9-10-23(16)13-15-5-6-17(27-3)14(2)11-15/h5-6,11,16H,4,7-10,12-13H2,1-3H3,(H,21,24)(H,22,26)/t16-/m1/s1. The minimum absolute atomic E-state index is 0.0454. The zero-order chi connectivity index (χ0) is 20.5. The van der Waals surface area contributed by atoms with Crippen molar-refractivity contribution in [2.24, 2.45) is 0 Å². The van der Waals surface area contributed by atoms with E-state index in [2.05, 4.69) is 10.6 Å². The Morgan fingerprint density at radius 1 is 1.36 bits per heavy atom. The average molecular weight is 391 g/mol. The summed E-state index contributed by atoms with van der Waals surface area (Å²) in [5.41, 5.74) is 2.08. The van der Waals surface area contributed by atoms with Gasteiger partial charge in [0.05, 0.1) is 32.6 Å². The van der Waals surface area contributed by atoms with Gasteiger partial charge in [0.15, 0.2) is 0 Å². The van der Waals surface area contributed by atoms with Gasteiger partial charge in [-0.2, -0.15) is 0 Å². The minimum Gasteiger partial charge on any atom is -0.496 e. The first-order chi connectivity index (χ1) is 13.4. The molecule has 0 unspecified atom stereocenters. The molecule has 2 N–H and O–H groups in total. The number of hydrogen-bond donors (Lipinski definition) is 2. The molecule has 2 amide bonds. The number of piperazine rings is 1. The number of methoxy groups -OCH3 is 1. The lowest BCUT2D eigenvalue weighted by molar-refractivity contribution is -0.143. The molecule has 1 aromatic rings. The van der Waals surface area contributed by atoms with E-state index in [4.69, 9.17) is 9.47 Å². The largest absolute Gasteiger partial charge is 0.496 e. The van der Waals surface area contributed by atoms with E-state index in [1.807, 2.05) is 30.0 Å². The summed E-state index contributed by atoms with van der Waals surface area (Å²) < 4.78 is 10.1. The molecule has 0 radical (unpaired) electrons. The predicted octanol–water partition coefficient (Wildman–Crippen LogP) is 0.764. The van der Waals surface area contributed by atoms with Crippen molar-refractivity contribution >= 4 is 17.8 Å². The van der Waals surface area contributed by atoms with E-state index in [9.17, 15) is 14.4 Å². The highest BCUT2D eigenvalue weighted by atomic mass is 16.5. The fourth-order valence-electron chi connectivity index (χ4n) is 3.23. The number of hydrogen-bond acceptors (Lipinski definition) is 6. The number of amides is 2. The fraction of sp³-hybridized carbons (Fsp3) is 0.550. The second kappa shape index (κ2) is 10.7. The number of aryl methyl sites for hydroxylation is 1. The van der Waals surface area contributed by atoms with Crippen LogP contribution in [0.4, 0.5) is 0 Å². The average Bonchev–Trinajstić information content (AvgIpc) is 2.65. The molecule has 28 heavy (non-hydrogen) atoms. The molecule has 154 valence electrons. The van der Waals surface area contributed by atoms with Crippen LogP contribution in [0.1, 0.15) is 30.9 Å². The van der Waals surface area contributed by atoms with Crippen molar-refractivity contribution in [1.82, 2.24) is 15.5 Å². The van der Waals surface area contributed by atoms with Crippen molar-refractivity contribution in [3.8, 4) is 5.75 Å². The molecule has 1 aliphatic heterocycles. The van der Waals surface area contributed by atoms with Crippen LogP contribution in [0.25, 0.3) is 0 Å². The van der Waals surface area contributed by atoms with Crippen LogP contribution in [-0.4, -0.2) is 62.1 Å². The first-order valence-electron chi connectivity index (χ1n) is 9.52. The van der Waals surface area contributed by atoms with E-state index in [0.717, 1.165) is 16.9 Å². The van der Waals surface area contributed by atoms with E-state index in [0.29, 0.717) is 26.2 Å². The number of ether oxygens (including phenoxy) is 2. The van der Waals surface area contributed by atoms with Gasteiger partial charge in [0.25, 0.3) is 0 Å². The molecule has 8 nitrogen and oxygen atoms in total. The maximum Gasteiger partial charge on any atom is 0.307 e. The Morgan fingerprint density at radius 2 is 2.14 bits per heavy atom. The SMILES string of the molecule is CCOC(=O)CCNC(=O)C[C@@H]1C(=O)NCCN1Cc1ccc(OC)c(C)c1. The van der Waals surface area contributed by atoms with Crippen LogP contribution < -0.4 is 15.4 Å². The van der Waals surface area contributed by atoms with Crippen LogP contribution in [0.2, 0.25) is 0 Å². The fourth-order valence-corrected chi connectivity index (χ4v) is 3.23. The third kappa shape index (κ3) is 6.23. The van der Waals surface area contributed by atoms with Crippen LogP contribution in [-0.2, 0) is 25.7 Å². The Kier molecular flexibility index (Phi) is 8.25. The number of carbonyl (C=O) groups is 3. The summed E-state index contributed by atoms with van der Waals surface area (Å²) in [6.07, 6.45) is 0.162. The maximum atomic E-state index is 12.3. The molecule has 1 aromatic carbocycles. The van der Waals surface area contributed by atoms with E-state index in [1.54, 1.807) is 14.0 Å². The lowest BCUT2D eigenvalue weighted by atomic mass is 10.1. The van der Waals surface area contributed by atoms with Crippen molar-refractivity contribution in [2.45, 2.75) is 39.3 Å². The second-order valence-electron chi connectivity index (χ2n) is 6.69. The Morgan fingerprint density at radius 3 is 2.82 bits per heavy atom. The Labute approximate surface area is 165 Å². The molecule has 0 aromatic heterocycles. The van der Waals surface area contributed by atoms with Gasteiger partial charge in [0.1, 0.15) is 5.75 Å². The third-order valence-electron chi connectivity index (χ3n) is 4.62. The lowest BCUT2D eigenvalue weighted by Crippen LogP contribution is -2.56. The highest BCUT2D eigenvalue weighted by Crippen LogP contribution is 2.21. The summed E-state index contributed by atoms with van der Waals surface area (Å²) in [6, 6.07) is 5.36. The summed E-state index contributed by atoms with van der Waals surface area (Å²) in [7, 11) is 1.63. The molecule has 0 saturated carbocycles. The van der Waals surface area contributed by atoms with Crippen LogP contribution in [0.3, 0.4) is 0 Å². The number of carbonyl (C=O) groups excluding carboxylic acids is 3. The van der Waals surface area contributed by atoms with Crippen molar-refractivity contribution < 1.29 is 23.9 Å². The van der Waals surface area contributed by atoms with Gasteiger partial charge in [-0.3, -0.25) is 19.3 Å². The first kappa shape index (κ1) is 21.7. The molecule has 1 heterocycles. The van der Waals surface area contributed by atoms with E-state index < -0.39 is 6.04 Å². The van der Waals surface area contributed by atoms with Gasteiger partial charge in [-0.05, 0) is 31.0 Å². The smallest absolute Gasteiger partial charge is 0.307 e. The summed E-state index contributed by atoms with van der Waals surface area (Å²) in [5, 5.41) is 5.50. The zero-order valence-corrected chi connectivity index (χ0v) is 16.7. The zero-order valence-electron chi connectivity index (χ0n) is 16.7. The minimum atomic E-state index is -0.543. The molecule has 1 aliphatic rings. The van der Waals surface area contributed by atoms with Gasteiger partial charge in [-0.1, -0.05) is 12.1 Å². The maximum absolute atomic E-state index is 12.3. The van der Waals surface area contributed by atoms with Gasteiger partial charge < -0.3 is 20.1 Å². The quantitative estimate of drug-likeness (QED) is 0.604. The normalized spacial score (nSPS) is 17.0. The summed E-state index contributed by atoms with van der Waals surface area (Å²) in [6.45, 7) is 6.00. The molecule has 1 saturated heterocycles. The monoisotopic (exact) mass is 391 g/mol. The molecular formula is C20H29N3O5. The van der Waals surface area contributed by atoms with Gasteiger partial charge >= 0.3 is 5.97 Å². The lowest BCUT2D eigenvalue weighted by Gasteiger charge is -2.34. The first-order valence-corrected chi connectivity index (χ1v) is 9.52. The third-order valence-corrected chi connectivity index (χ3v) is 4.62. The Balaban J connectivity index is 1.94. The highest BCUT2D eigenvalue weighted by molar-refractivity contribution is 5.89. The number of nitrogens with zero attached hydrogens (tertiary/aromatic N) is 1. The second-order valence-corrected chi connectivity index (χ2v) is 6.69. The predicted molar refractivity (Wildman–Crippen MR) is 104 cm³/mol. The van der Waals surface area contributed by atoms with Crippen LogP contribution in [0, 0.1) is 6.92 Å². The molecule has 8 heteroatoms. The van der Waals surface area contributed by atoms with Crippen LogP contribution >= 0.6 is 0 Å². The van der Waals surface area contributed by atoms with Gasteiger partial charge in [0, 0.05) is 26.2 Å². The molecule has 0 aliphatic carbocycles. The van der Waals surface area contributed by atoms with Gasteiger partial charge in [0.2, 0.25) is 11.8 Å². The van der Waals surface area contributed by atoms with Crippen molar-refractivity contribution in [3.63, 3.8) is 0 Å². The number of nitrogens with one attached hydrogen (secondary N) is 2. The topological polar surface area (TPSA) is 97.0 Å².